The summed E-state index contributed by atoms with van der Waals surface area (Å²) in [5.74, 6) is 0.186. The molecule has 0 saturated carbocycles. The largest absolute Gasteiger partial charge is 0.352 e. The second-order valence-corrected chi connectivity index (χ2v) is 10.8. The first-order chi connectivity index (χ1) is 13.9. The fourth-order valence-corrected chi connectivity index (χ4v) is 7.16. The van der Waals surface area contributed by atoms with Crippen LogP contribution in [0, 0.1) is 6.92 Å². The summed E-state index contributed by atoms with van der Waals surface area (Å²) >= 11 is 1.47. The Morgan fingerprint density at radius 2 is 1.97 bits per heavy atom. The Kier molecular flexibility index (Phi) is 5.65. The van der Waals surface area contributed by atoms with E-state index in [1.807, 2.05) is 55.5 Å². The first kappa shape index (κ1) is 20.0. The predicted octanol–water partition coefficient (Wildman–Crippen LogP) is 2.65. The second-order valence-electron chi connectivity index (χ2n) is 7.38. The van der Waals surface area contributed by atoms with Crippen LogP contribution in [-0.4, -0.2) is 48.8 Å². The van der Waals surface area contributed by atoms with Gasteiger partial charge in [-0.15, -0.1) is 0 Å². The Hall–Kier alpha value is -2.32. The number of aliphatic imine (C=N–C) groups is 1. The molecule has 2 aromatic carbocycles. The fraction of sp³-hybridized carbons (Fsp3) is 0.333. The number of anilines is 1. The SMILES string of the molecule is Cc1ccc(C(=O)NCCc2ccccc2)cc1NC1=N[C@@H]2CS(=O)(=O)C[C@@H]2S1. The van der Waals surface area contributed by atoms with Crippen molar-refractivity contribution >= 4 is 38.4 Å². The summed E-state index contributed by atoms with van der Waals surface area (Å²) in [6.07, 6.45) is 0.780. The molecule has 4 rings (SSSR count). The van der Waals surface area contributed by atoms with Gasteiger partial charge in [0.05, 0.1) is 17.5 Å². The molecule has 2 aromatic rings. The van der Waals surface area contributed by atoms with E-state index in [9.17, 15) is 13.2 Å². The number of carbonyl (C=O) groups excluding carboxylic acids is 1. The van der Waals surface area contributed by atoms with Gasteiger partial charge in [-0.25, -0.2) is 8.42 Å². The zero-order valence-electron chi connectivity index (χ0n) is 16.1. The number of nitrogens with zero attached hydrogens (tertiary/aromatic N) is 1. The van der Waals surface area contributed by atoms with Crippen LogP contribution in [0.4, 0.5) is 5.69 Å². The minimum Gasteiger partial charge on any atom is -0.352 e. The number of hydrogen-bond donors (Lipinski definition) is 2. The Morgan fingerprint density at radius 3 is 2.72 bits per heavy atom. The van der Waals surface area contributed by atoms with Crippen molar-refractivity contribution in [2.75, 3.05) is 23.4 Å². The van der Waals surface area contributed by atoms with Gasteiger partial charge in [0.25, 0.3) is 5.91 Å². The molecule has 1 amide bonds. The van der Waals surface area contributed by atoms with Gasteiger partial charge in [-0.05, 0) is 36.6 Å². The molecule has 2 N–H and O–H groups in total. The van der Waals surface area contributed by atoms with E-state index in [4.69, 9.17) is 0 Å². The molecule has 152 valence electrons. The third-order valence-corrected chi connectivity index (χ3v) is 8.24. The number of amidine groups is 1. The smallest absolute Gasteiger partial charge is 0.251 e. The van der Waals surface area contributed by atoms with Crippen molar-refractivity contribution in [3.8, 4) is 0 Å². The molecule has 2 aliphatic heterocycles. The molecular formula is C21H23N3O3S2. The van der Waals surface area contributed by atoms with Crippen molar-refractivity contribution in [3.05, 3.63) is 65.2 Å². The average Bonchev–Trinajstić information content (AvgIpc) is 3.16. The van der Waals surface area contributed by atoms with Crippen LogP contribution >= 0.6 is 11.8 Å². The summed E-state index contributed by atoms with van der Waals surface area (Å²) in [6.45, 7) is 2.53. The van der Waals surface area contributed by atoms with Gasteiger partial charge in [-0.1, -0.05) is 48.2 Å². The number of amides is 1. The highest BCUT2D eigenvalue weighted by Crippen LogP contribution is 2.35. The quantitative estimate of drug-likeness (QED) is 0.763. The molecule has 0 unspecified atom stereocenters. The van der Waals surface area contributed by atoms with Crippen LogP contribution in [0.5, 0.6) is 0 Å². The van der Waals surface area contributed by atoms with Gasteiger partial charge in [0.1, 0.15) is 0 Å². The van der Waals surface area contributed by atoms with E-state index in [0.717, 1.165) is 22.8 Å². The van der Waals surface area contributed by atoms with Gasteiger partial charge in [0.2, 0.25) is 0 Å². The maximum Gasteiger partial charge on any atom is 0.251 e. The van der Waals surface area contributed by atoms with Crippen molar-refractivity contribution in [1.29, 1.82) is 0 Å². The normalized spacial score (nSPS) is 22.0. The Morgan fingerprint density at radius 1 is 1.17 bits per heavy atom. The number of nitrogens with one attached hydrogen (secondary N) is 2. The minimum atomic E-state index is -2.97. The molecule has 1 fully saturated rings. The van der Waals surface area contributed by atoms with E-state index < -0.39 is 9.84 Å². The van der Waals surface area contributed by atoms with Crippen LogP contribution in [0.3, 0.4) is 0 Å². The number of fused-ring (bicyclic) bond motifs is 1. The molecule has 0 spiro atoms. The number of hydrogen-bond acceptors (Lipinski definition) is 6. The van der Waals surface area contributed by atoms with Crippen molar-refractivity contribution < 1.29 is 13.2 Å². The first-order valence-electron chi connectivity index (χ1n) is 9.54. The Bertz CT molecular complexity index is 1050. The minimum absolute atomic E-state index is 0.00715. The molecule has 0 aromatic heterocycles. The zero-order valence-corrected chi connectivity index (χ0v) is 17.7. The lowest BCUT2D eigenvalue weighted by atomic mass is 10.1. The fourth-order valence-electron chi connectivity index (χ4n) is 3.50. The summed E-state index contributed by atoms with van der Waals surface area (Å²) in [5, 5.41) is 6.96. The van der Waals surface area contributed by atoms with E-state index >= 15 is 0 Å². The van der Waals surface area contributed by atoms with Crippen LogP contribution in [0.15, 0.2) is 53.5 Å². The van der Waals surface area contributed by atoms with Gasteiger partial charge in [-0.2, -0.15) is 0 Å². The highest BCUT2D eigenvalue weighted by atomic mass is 32.2. The molecule has 0 radical (unpaired) electrons. The van der Waals surface area contributed by atoms with Gasteiger partial charge >= 0.3 is 0 Å². The van der Waals surface area contributed by atoms with E-state index in [0.29, 0.717) is 12.1 Å². The molecule has 2 atom stereocenters. The number of thioether (sulfide) groups is 1. The van der Waals surface area contributed by atoms with Crippen molar-refractivity contribution in [1.82, 2.24) is 5.32 Å². The number of carbonyl (C=O) groups is 1. The van der Waals surface area contributed by atoms with Gasteiger partial charge in [0.15, 0.2) is 15.0 Å². The lowest BCUT2D eigenvalue weighted by Gasteiger charge is -2.12. The standard InChI is InChI=1S/C21H23N3O3S2/c1-14-7-8-16(20(25)22-10-9-15-5-3-2-4-6-15)11-17(14)23-21-24-18-12-29(26,27)13-19(18)28-21/h2-8,11,18-19H,9-10,12-13H2,1H3,(H,22,25)(H,23,24)/t18-,19+/m1/s1. The van der Waals surface area contributed by atoms with Gasteiger partial charge in [-0.3, -0.25) is 9.79 Å². The Balaban J connectivity index is 1.38. The maximum atomic E-state index is 12.5. The van der Waals surface area contributed by atoms with Crippen LogP contribution in [-0.2, 0) is 16.3 Å². The predicted molar refractivity (Wildman–Crippen MR) is 119 cm³/mol. The van der Waals surface area contributed by atoms with E-state index in [1.54, 1.807) is 0 Å². The molecule has 0 aliphatic carbocycles. The highest BCUT2D eigenvalue weighted by Gasteiger charge is 2.42. The van der Waals surface area contributed by atoms with Gasteiger partial charge < -0.3 is 10.6 Å². The third-order valence-electron chi connectivity index (χ3n) is 5.10. The van der Waals surface area contributed by atoms with Crippen LogP contribution in [0.25, 0.3) is 0 Å². The van der Waals surface area contributed by atoms with Crippen molar-refractivity contribution in [2.45, 2.75) is 24.6 Å². The summed E-state index contributed by atoms with van der Waals surface area (Å²) in [6, 6.07) is 15.4. The molecular weight excluding hydrogens is 406 g/mol. The molecule has 0 bridgehead atoms. The number of benzene rings is 2. The lowest BCUT2D eigenvalue weighted by Crippen LogP contribution is -2.25. The number of rotatable bonds is 5. The first-order valence-corrected chi connectivity index (χ1v) is 12.2. The molecule has 1 saturated heterocycles. The summed E-state index contributed by atoms with van der Waals surface area (Å²) < 4.78 is 23.4. The Labute approximate surface area is 175 Å². The molecule has 29 heavy (non-hydrogen) atoms. The second kappa shape index (κ2) is 8.20. The van der Waals surface area contributed by atoms with Crippen molar-refractivity contribution in [2.24, 2.45) is 4.99 Å². The summed E-state index contributed by atoms with van der Waals surface area (Å²) in [4.78, 5) is 17.1. The van der Waals surface area contributed by atoms with E-state index in [2.05, 4.69) is 15.6 Å². The topological polar surface area (TPSA) is 87.6 Å². The molecule has 8 heteroatoms. The maximum absolute atomic E-state index is 12.5. The molecule has 2 heterocycles. The monoisotopic (exact) mass is 429 g/mol. The van der Waals surface area contributed by atoms with E-state index in [-0.39, 0.29) is 28.7 Å². The number of aryl methyl sites for hydroxylation is 1. The highest BCUT2D eigenvalue weighted by molar-refractivity contribution is 8.15. The molecule has 2 aliphatic rings. The van der Waals surface area contributed by atoms with Gasteiger partial charge in [0, 0.05) is 23.0 Å². The third kappa shape index (κ3) is 4.82. The van der Waals surface area contributed by atoms with Crippen LogP contribution in [0.2, 0.25) is 0 Å². The lowest BCUT2D eigenvalue weighted by molar-refractivity contribution is 0.0954. The number of sulfone groups is 1. The van der Waals surface area contributed by atoms with E-state index in [1.165, 1.54) is 17.3 Å². The van der Waals surface area contributed by atoms with Crippen LogP contribution < -0.4 is 10.6 Å². The van der Waals surface area contributed by atoms with Crippen LogP contribution in [0.1, 0.15) is 21.5 Å². The average molecular weight is 430 g/mol. The zero-order chi connectivity index (χ0) is 20.4. The molecule has 6 nitrogen and oxygen atoms in total. The van der Waals surface area contributed by atoms with Crippen molar-refractivity contribution in [3.63, 3.8) is 0 Å². The summed E-state index contributed by atoms with van der Waals surface area (Å²) in [5.41, 5.74) is 3.58. The summed E-state index contributed by atoms with van der Waals surface area (Å²) in [7, 11) is -2.97.